The molecule has 0 aliphatic carbocycles. The van der Waals surface area contributed by atoms with Gasteiger partial charge in [0, 0.05) is 23.2 Å². The van der Waals surface area contributed by atoms with E-state index in [-0.39, 0.29) is 5.02 Å². The first-order valence-corrected chi connectivity index (χ1v) is 7.20. The van der Waals surface area contributed by atoms with Gasteiger partial charge >= 0.3 is 0 Å². The summed E-state index contributed by atoms with van der Waals surface area (Å²) < 4.78 is 13.2. The molecule has 2 rings (SSSR count). The molecule has 0 aliphatic heterocycles. The summed E-state index contributed by atoms with van der Waals surface area (Å²) in [6.07, 6.45) is 0. The van der Waals surface area contributed by atoms with Gasteiger partial charge in [-0.1, -0.05) is 55.2 Å². The molecule has 0 bridgehead atoms. The van der Waals surface area contributed by atoms with Gasteiger partial charge < -0.3 is 5.32 Å². The molecule has 2 aromatic rings. The van der Waals surface area contributed by atoms with E-state index < -0.39 is 5.82 Å². The fourth-order valence-electron chi connectivity index (χ4n) is 1.89. The van der Waals surface area contributed by atoms with Crippen molar-refractivity contribution in [3.05, 3.63) is 57.8 Å². The molecule has 0 spiro atoms. The standard InChI is InChI=1S/C16H16Cl2FN/c1-10(2)20-9-11-3-5-13(14(17)7-11)12-4-6-16(19)15(18)8-12/h3-8,10,20H,9H2,1-2H3. The molecule has 1 nitrogen and oxygen atoms in total. The van der Waals surface area contributed by atoms with Crippen molar-refractivity contribution in [3.63, 3.8) is 0 Å². The van der Waals surface area contributed by atoms with Crippen LogP contribution >= 0.6 is 23.2 Å². The molecule has 106 valence electrons. The third-order valence-electron chi connectivity index (χ3n) is 2.98. The van der Waals surface area contributed by atoms with Gasteiger partial charge in [0.25, 0.3) is 0 Å². The third-order valence-corrected chi connectivity index (χ3v) is 3.58. The predicted molar refractivity (Wildman–Crippen MR) is 83.8 cm³/mol. The smallest absolute Gasteiger partial charge is 0.141 e. The van der Waals surface area contributed by atoms with E-state index in [1.54, 1.807) is 12.1 Å². The molecule has 1 N–H and O–H groups in total. The topological polar surface area (TPSA) is 12.0 Å². The lowest BCUT2D eigenvalue weighted by atomic mass is 10.0. The van der Waals surface area contributed by atoms with Crippen molar-refractivity contribution in [1.29, 1.82) is 0 Å². The summed E-state index contributed by atoms with van der Waals surface area (Å²) in [6.45, 7) is 4.95. The zero-order valence-electron chi connectivity index (χ0n) is 11.4. The van der Waals surface area contributed by atoms with Crippen molar-refractivity contribution in [2.45, 2.75) is 26.4 Å². The van der Waals surface area contributed by atoms with Gasteiger partial charge in [-0.05, 0) is 29.3 Å². The number of nitrogens with one attached hydrogen (secondary N) is 1. The molecule has 0 radical (unpaired) electrons. The van der Waals surface area contributed by atoms with Crippen LogP contribution in [0.25, 0.3) is 11.1 Å². The van der Waals surface area contributed by atoms with Crippen LogP contribution in [0.5, 0.6) is 0 Å². The lowest BCUT2D eigenvalue weighted by Crippen LogP contribution is -2.21. The summed E-state index contributed by atoms with van der Waals surface area (Å²) in [7, 11) is 0. The molecule has 0 heterocycles. The van der Waals surface area contributed by atoms with E-state index in [1.165, 1.54) is 6.07 Å². The lowest BCUT2D eigenvalue weighted by molar-refractivity contribution is 0.589. The number of hydrogen-bond donors (Lipinski definition) is 1. The van der Waals surface area contributed by atoms with Crippen LogP contribution in [0, 0.1) is 5.82 Å². The van der Waals surface area contributed by atoms with Gasteiger partial charge in [-0.3, -0.25) is 0 Å². The first-order valence-electron chi connectivity index (χ1n) is 6.44. The quantitative estimate of drug-likeness (QED) is 0.808. The molecule has 0 aliphatic rings. The van der Waals surface area contributed by atoms with E-state index in [4.69, 9.17) is 23.2 Å². The molecule has 2 aromatic carbocycles. The molecule has 4 heteroatoms. The van der Waals surface area contributed by atoms with Gasteiger partial charge in [0.15, 0.2) is 0 Å². The summed E-state index contributed by atoms with van der Waals surface area (Å²) in [5, 5.41) is 4.07. The van der Waals surface area contributed by atoms with Gasteiger partial charge in [0.05, 0.1) is 5.02 Å². The minimum absolute atomic E-state index is 0.101. The Kier molecular flexibility index (Phi) is 5.03. The molecule has 0 saturated heterocycles. The average molecular weight is 312 g/mol. The molecule has 20 heavy (non-hydrogen) atoms. The van der Waals surface area contributed by atoms with Gasteiger partial charge in [-0.2, -0.15) is 0 Å². The highest BCUT2D eigenvalue weighted by Crippen LogP contribution is 2.31. The van der Waals surface area contributed by atoms with Crippen molar-refractivity contribution >= 4 is 23.2 Å². The van der Waals surface area contributed by atoms with E-state index in [0.717, 1.165) is 23.2 Å². The summed E-state index contributed by atoms with van der Waals surface area (Å²) in [6, 6.07) is 10.9. The van der Waals surface area contributed by atoms with Crippen LogP contribution in [-0.4, -0.2) is 6.04 Å². The van der Waals surface area contributed by atoms with E-state index in [1.807, 2.05) is 18.2 Å². The zero-order valence-corrected chi connectivity index (χ0v) is 12.9. The van der Waals surface area contributed by atoms with Gasteiger partial charge in [0.2, 0.25) is 0 Å². The van der Waals surface area contributed by atoms with E-state index >= 15 is 0 Å². The summed E-state index contributed by atoms with van der Waals surface area (Å²) in [4.78, 5) is 0. The molecular formula is C16H16Cl2FN. The monoisotopic (exact) mass is 311 g/mol. The van der Waals surface area contributed by atoms with E-state index in [9.17, 15) is 4.39 Å². The second-order valence-corrected chi connectivity index (χ2v) is 5.79. The van der Waals surface area contributed by atoms with Crippen LogP contribution in [0.15, 0.2) is 36.4 Å². The Balaban J connectivity index is 2.27. The zero-order chi connectivity index (χ0) is 14.7. The fraction of sp³-hybridized carbons (Fsp3) is 0.250. The van der Waals surface area contributed by atoms with Crippen LogP contribution in [0.1, 0.15) is 19.4 Å². The predicted octanol–water partition coefficient (Wildman–Crippen LogP) is 5.30. The number of benzene rings is 2. The van der Waals surface area contributed by atoms with Gasteiger partial charge in [-0.25, -0.2) is 4.39 Å². The van der Waals surface area contributed by atoms with Crippen LogP contribution < -0.4 is 5.32 Å². The van der Waals surface area contributed by atoms with Crippen LogP contribution in [0.2, 0.25) is 10.0 Å². The Morgan fingerprint density at radius 2 is 1.80 bits per heavy atom. The summed E-state index contributed by atoms with van der Waals surface area (Å²) >= 11 is 12.1. The largest absolute Gasteiger partial charge is 0.310 e. The highest BCUT2D eigenvalue weighted by molar-refractivity contribution is 6.34. The molecule has 0 aromatic heterocycles. The van der Waals surface area contributed by atoms with Crippen molar-refractivity contribution in [1.82, 2.24) is 5.32 Å². The SMILES string of the molecule is CC(C)NCc1ccc(-c2ccc(F)c(Cl)c2)c(Cl)c1. The number of halogens is 3. The average Bonchev–Trinajstić information content (AvgIpc) is 2.40. The Labute approximate surface area is 128 Å². The Bertz CT molecular complexity index is 611. The molecule has 0 fully saturated rings. The number of rotatable bonds is 4. The van der Waals surface area contributed by atoms with Crippen molar-refractivity contribution in [2.24, 2.45) is 0 Å². The maximum absolute atomic E-state index is 13.2. The maximum atomic E-state index is 13.2. The van der Waals surface area contributed by atoms with Crippen LogP contribution in [0.4, 0.5) is 4.39 Å². The summed E-state index contributed by atoms with van der Waals surface area (Å²) in [5.74, 6) is -0.427. The molecule has 0 atom stereocenters. The van der Waals surface area contributed by atoms with Gasteiger partial charge in [0.1, 0.15) is 5.82 Å². The number of hydrogen-bond acceptors (Lipinski definition) is 1. The van der Waals surface area contributed by atoms with Crippen LogP contribution in [0.3, 0.4) is 0 Å². The molecular weight excluding hydrogens is 296 g/mol. The second-order valence-electron chi connectivity index (χ2n) is 4.98. The third kappa shape index (κ3) is 3.72. The molecule has 0 amide bonds. The Morgan fingerprint density at radius 1 is 1.05 bits per heavy atom. The maximum Gasteiger partial charge on any atom is 0.141 e. The first-order chi connectivity index (χ1) is 9.47. The summed E-state index contributed by atoms with van der Waals surface area (Å²) in [5.41, 5.74) is 2.77. The highest BCUT2D eigenvalue weighted by atomic mass is 35.5. The van der Waals surface area contributed by atoms with Crippen molar-refractivity contribution in [3.8, 4) is 11.1 Å². The van der Waals surface area contributed by atoms with Crippen LogP contribution in [-0.2, 0) is 6.54 Å². The minimum atomic E-state index is -0.427. The van der Waals surface area contributed by atoms with Crippen molar-refractivity contribution in [2.75, 3.05) is 0 Å². The Hall–Kier alpha value is -1.09. The van der Waals surface area contributed by atoms with E-state index in [0.29, 0.717) is 11.1 Å². The second kappa shape index (κ2) is 6.57. The Morgan fingerprint density at radius 3 is 2.40 bits per heavy atom. The van der Waals surface area contributed by atoms with E-state index in [2.05, 4.69) is 19.2 Å². The molecule has 0 saturated carbocycles. The highest BCUT2D eigenvalue weighted by Gasteiger charge is 2.08. The minimum Gasteiger partial charge on any atom is -0.310 e. The lowest BCUT2D eigenvalue weighted by Gasteiger charge is -2.11. The van der Waals surface area contributed by atoms with Crippen molar-refractivity contribution < 1.29 is 4.39 Å². The first kappa shape index (κ1) is 15.3. The fourth-order valence-corrected chi connectivity index (χ4v) is 2.38. The normalized spacial score (nSPS) is 11.1. The molecule has 0 unspecified atom stereocenters. The van der Waals surface area contributed by atoms with Gasteiger partial charge in [-0.15, -0.1) is 0 Å².